The first kappa shape index (κ1) is 14.4. The molecule has 1 heterocycles. The number of hydrogen-bond acceptors (Lipinski definition) is 4. The molecule has 6 heteroatoms. The fourth-order valence-electron chi connectivity index (χ4n) is 2.03. The van der Waals surface area contributed by atoms with E-state index < -0.39 is 15.3 Å². The molecule has 0 bridgehead atoms. The minimum Gasteiger partial charge on any atom is -0.314 e. The van der Waals surface area contributed by atoms with Crippen LogP contribution in [-0.4, -0.2) is 43.6 Å². The topological polar surface area (TPSA) is 73.2 Å². The molecule has 1 rings (SSSR count). The Hall–Kier alpha value is -0.640. The van der Waals surface area contributed by atoms with Gasteiger partial charge in [-0.15, -0.1) is 0 Å². The van der Waals surface area contributed by atoms with Crippen LogP contribution in [0.15, 0.2) is 0 Å². The van der Waals surface area contributed by atoms with Crippen molar-refractivity contribution in [2.75, 3.05) is 20.1 Å². The average Bonchev–Trinajstić information content (AvgIpc) is 2.31. The third kappa shape index (κ3) is 2.97. The molecule has 98 valence electrons. The summed E-state index contributed by atoms with van der Waals surface area (Å²) < 4.78 is 25.7. The summed E-state index contributed by atoms with van der Waals surface area (Å²) in [6, 6.07) is 1.88. The first-order chi connectivity index (χ1) is 7.89. The molecule has 0 radical (unpaired) electrons. The van der Waals surface area contributed by atoms with Gasteiger partial charge in [0.15, 0.2) is 5.25 Å². The minimum absolute atomic E-state index is 0.0143. The summed E-state index contributed by atoms with van der Waals surface area (Å²) in [4.78, 5) is 0. The highest BCUT2D eigenvalue weighted by atomic mass is 32.2. The van der Waals surface area contributed by atoms with Crippen molar-refractivity contribution in [2.24, 2.45) is 0 Å². The molecule has 0 aromatic rings. The van der Waals surface area contributed by atoms with Crippen LogP contribution in [0.5, 0.6) is 0 Å². The zero-order chi connectivity index (χ0) is 13.1. The van der Waals surface area contributed by atoms with Crippen molar-refractivity contribution in [3.05, 3.63) is 0 Å². The molecule has 1 unspecified atom stereocenters. The fourth-order valence-corrected chi connectivity index (χ4v) is 3.64. The maximum Gasteiger partial charge on any atom is 0.230 e. The Morgan fingerprint density at radius 3 is 2.35 bits per heavy atom. The number of nitrogens with zero attached hydrogens (tertiary/aromatic N) is 2. The Kier molecular flexibility index (Phi) is 4.53. The first-order valence-corrected chi connectivity index (χ1v) is 7.47. The van der Waals surface area contributed by atoms with Crippen LogP contribution in [0, 0.1) is 11.3 Å². The molecule has 5 nitrogen and oxygen atoms in total. The van der Waals surface area contributed by atoms with Crippen LogP contribution in [0.4, 0.5) is 0 Å². The number of piperidine rings is 1. The van der Waals surface area contributed by atoms with Crippen LogP contribution in [-0.2, 0) is 10.0 Å². The van der Waals surface area contributed by atoms with Crippen LogP contribution in [0.1, 0.15) is 33.1 Å². The molecule has 1 N–H and O–H groups in total. The van der Waals surface area contributed by atoms with Crippen molar-refractivity contribution < 1.29 is 8.42 Å². The molecule has 1 aliphatic heterocycles. The molecular weight excluding hydrogens is 238 g/mol. The number of hydrogen-bond donors (Lipinski definition) is 1. The van der Waals surface area contributed by atoms with E-state index in [9.17, 15) is 8.42 Å². The first-order valence-electron chi connectivity index (χ1n) is 5.97. The highest BCUT2D eigenvalue weighted by Crippen LogP contribution is 2.25. The van der Waals surface area contributed by atoms with Gasteiger partial charge in [-0.1, -0.05) is 6.92 Å². The van der Waals surface area contributed by atoms with Gasteiger partial charge in [0, 0.05) is 18.6 Å². The van der Waals surface area contributed by atoms with Crippen LogP contribution in [0.2, 0.25) is 0 Å². The lowest BCUT2D eigenvalue weighted by Crippen LogP contribution is -2.52. The largest absolute Gasteiger partial charge is 0.314 e. The lowest BCUT2D eigenvalue weighted by Gasteiger charge is -2.39. The summed E-state index contributed by atoms with van der Waals surface area (Å²) in [7, 11) is -1.54. The molecule has 17 heavy (non-hydrogen) atoms. The second-order valence-corrected chi connectivity index (χ2v) is 6.90. The van der Waals surface area contributed by atoms with Crippen molar-refractivity contribution in [2.45, 2.75) is 43.9 Å². The standard InChI is InChI=1S/C11H21N3O2S/c1-4-10(9-12)17(15,16)14-7-5-11(2,13-3)6-8-14/h10,13H,4-8H2,1-3H3. The summed E-state index contributed by atoms with van der Waals surface area (Å²) in [5.41, 5.74) is 0.0143. The number of nitriles is 1. The van der Waals surface area contributed by atoms with E-state index >= 15 is 0 Å². The van der Waals surface area contributed by atoms with Gasteiger partial charge in [0.05, 0.1) is 6.07 Å². The summed E-state index contributed by atoms with van der Waals surface area (Å²) >= 11 is 0. The number of rotatable bonds is 4. The molecule has 1 atom stereocenters. The zero-order valence-corrected chi connectivity index (χ0v) is 11.5. The molecule has 0 aliphatic carbocycles. The van der Waals surface area contributed by atoms with Crippen LogP contribution in [0.25, 0.3) is 0 Å². The fraction of sp³-hybridized carbons (Fsp3) is 0.909. The van der Waals surface area contributed by atoms with Gasteiger partial charge >= 0.3 is 0 Å². The van der Waals surface area contributed by atoms with Gasteiger partial charge in [0.2, 0.25) is 10.0 Å². The van der Waals surface area contributed by atoms with E-state index in [0.29, 0.717) is 19.5 Å². The van der Waals surface area contributed by atoms with Gasteiger partial charge in [-0.05, 0) is 33.2 Å². The van der Waals surface area contributed by atoms with Crippen molar-refractivity contribution in [1.29, 1.82) is 5.26 Å². The Morgan fingerprint density at radius 2 is 2.00 bits per heavy atom. The summed E-state index contributed by atoms with van der Waals surface area (Å²) in [6.45, 7) is 4.82. The predicted octanol–water partition coefficient (Wildman–Crippen LogP) is 0.692. The Morgan fingerprint density at radius 1 is 1.47 bits per heavy atom. The molecule has 0 amide bonds. The highest BCUT2D eigenvalue weighted by molar-refractivity contribution is 7.90. The lowest BCUT2D eigenvalue weighted by atomic mass is 9.91. The molecule has 0 spiro atoms. The summed E-state index contributed by atoms with van der Waals surface area (Å²) in [5.74, 6) is 0. The number of sulfonamides is 1. The second-order valence-electron chi connectivity index (χ2n) is 4.78. The van der Waals surface area contributed by atoms with E-state index in [1.54, 1.807) is 6.92 Å². The monoisotopic (exact) mass is 259 g/mol. The smallest absolute Gasteiger partial charge is 0.230 e. The number of nitrogens with one attached hydrogen (secondary N) is 1. The van der Waals surface area contributed by atoms with Crippen molar-refractivity contribution in [3.8, 4) is 6.07 Å². The summed E-state index contributed by atoms with van der Waals surface area (Å²) in [5, 5.41) is 11.2. The minimum atomic E-state index is -3.44. The third-order valence-electron chi connectivity index (χ3n) is 3.66. The van der Waals surface area contributed by atoms with E-state index in [2.05, 4.69) is 12.2 Å². The van der Waals surface area contributed by atoms with E-state index in [1.165, 1.54) is 4.31 Å². The van der Waals surface area contributed by atoms with Crippen molar-refractivity contribution >= 4 is 10.0 Å². The van der Waals surface area contributed by atoms with E-state index in [-0.39, 0.29) is 5.54 Å². The predicted molar refractivity (Wildman–Crippen MR) is 66.9 cm³/mol. The molecule has 0 saturated carbocycles. The Balaban J connectivity index is 2.75. The van der Waals surface area contributed by atoms with Gasteiger partial charge < -0.3 is 5.32 Å². The second kappa shape index (κ2) is 5.34. The normalized spacial score (nSPS) is 22.9. The van der Waals surface area contributed by atoms with Crippen molar-refractivity contribution in [3.63, 3.8) is 0 Å². The quantitative estimate of drug-likeness (QED) is 0.806. The zero-order valence-electron chi connectivity index (χ0n) is 10.7. The van der Waals surface area contributed by atoms with Crippen molar-refractivity contribution in [1.82, 2.24) is 9.62 Å². The molecule has 1 saturated heterocycles. The SMILES string of the molecule is CCC(C#N)S(=O)(=O)N1CCC(C)(NC)CC1. The highest BCUT2D eigenvalue weighted by Gasteiger charge is 2.37. The summed E-state index contributed by atoms with van der Waals surface area (Å²) in [6.07, 6.45) is 1.91. The Labute approximate surface area is 104 Å². The van der Waals surface area contributed by atoms with E-state index in [1.807, 2.05) is 13.1 Å². The van der Waals surface area contributed by atoms with E-state index in [4.69, 9.17) is 5.26 Å². The molecule has 1 aliphatic rings. The van der Waals surface area contributed by atoms with Crippen LogP contribution >= 0.6 is 0 Å². The average molecular weight is 259 g/mol. The van der Waals surface area contributed by atoms with Gasteiger partial charge in [0.1, 0.15) is 0 Å². The lowest BCUT2D eigenvalue weighted by molar-refractivity contribution is 0.219. The van der Waals surface area contributed by atoms with Gasteiger partial charge in [-0.25, -0.2) is 12.7 Å². The maximum absolute atomic E-state index is 12.1. The van der Waals surface area contributed by atoms with Crippen LogP contribution in [0.3, 0.4) is 0 Å². The molecule has 0 aromatic carbocycles. The molecule has 0 aromatic heterocycles. The Bertz CT molecular complexity index is 391. The van der Waals surface area contributed by atoms with Crippen LogP contribution < -0.4 is 5.32 Å². The van der Waals surface area contributed by atoms with Gasteiger partial charge in [0.25, 0.3) is 0 Å². The van der Waals surface area contributed by atoms with E-state index in [0.717, 1.165) is 12.8 Å². The van der Waals surface area contributed by atoms with Gasteiger partial charge in [-0.3, -0.25) is 0 Å². The molecule has 1 fully saturated rings. The third-order valence-corrected chi connectivity index (χ3v) is 5.91. The maximum atomic E-state index is 12.1. The molecular formula is C11H21N3O2S. The van der Waals surface area contributed by atoms with Gasteiger partial charge in [-0.2, -0.15) is 5.26 Å².